The third kappa shape index (κ3) is 7.11. The van der Waals surface area contributed by atoms with Gasteiger partial charge in [0.15, 0.2) is 0 Å². The molecule has 5 rings (SSSR count). The zero-order valence-corrected chi connectivity index (χ0v) is 21.3. The topological polar surface area (TPSA) is 85.9 Å². The number of hydrogen-bond donors (Lipinski definition) is 3. The molecule has 3 N–H and O–H groups in total. The molecular formula is C29H37N5O3. The third-order valence-corrected chi connectivity index (χ3v) is 7.30. The Morgan fingerprint density at radius 2 is 1.73 bits per heavy atom. The standard InChI is InChI=1S/C29H37N5O3/c35-28(30-24-12-14-33(15-13-24)21-22-4-2-1-3-5-22)10-11-29(36)31-25-7-8-26-23(20-25)6-9-27(32-26)34-16-18-37-19-17-34/h1-9,20,24,26,32H,10-19,21H2,(H,30,35)(H,31,36). The molecule has 8 heteroatoms. The molecule has 0 bridgehead atoms. The van der Waals surface area contributed by atoms with Crippen molar-refractivity contribution in [2.75, 3.05) is 39.4 Å². The highest BCUT2D eigenvalue weighted by Gasteiger charge is 2.23. The van der Waals surface area contributed by atoms with Crippen LogP contribution in [0.3, 0.4) is 0 Å². The maximum Gasteiger partial charge on any atom is 0.224 e. The zero-order valence-electron chi connectivity index (χ0n) is 21.3. The van der Waals surface area contributed by atoms with E-state index in [-0.39, 0.29) is 36.7 Å². The normalized spacial score (nSPS) is 22.2. The largest absolute Gasteiger partial charge is 0.378 e. The van der Waals surface area contributed by atoms with Crippen LogP contribution < -0.4 is 16.0 Å². The summed E-state index contributed by atoms with van der Waals surface area (Å²) in [5, 5.41) is 9.62. The maximum absolute atomic E-state index is 12.5. The van der Waals surface area contributed by atoms with Crippen LogP contribution in [0.5, 0.6) is 0 Å². The number of likely N-dealkylation sites (tertiary alicyclic amines) is 1. The van der Waals surface area contributed by atoms with Gasteiger partial charge in [0.2, 0.25) is 11.8 Å². The lowest BCUT2D eigenvalue weighted by atomic mass is 9.97. The van der Waals surface area contributed by atoms with E-state index in [9.17, 15) is 9.59 Å². The van der Waals surface area contributed by atoms with Crippen LogP contribution in [-0.4, -0.2) is 73.1 Å². The quantitative estimate of drug-likeness (QED) is 0.504. The van der Waals surface area contributed by atoms with Crippen LogP contribution in [0.15, 0.2) is 77.8 Å². The smallest absolute Gasteiger partial charge is 0.224 e. The van der Waals surface area contributed by atoms with Gasteiger partial charge in [-0.05, 0) is 42.2 Å². The fourth-order valence-corrected chi connectivity index (χ4v) is 5.20. The van der Waals surface area contributed by atoms with Gasteiger partial charge in [-0.3, -0.25) is 14.5 Å². The Kier molecular flexibility index (Phi) is 8.38. The predicted octanol–water partition coefficient (Wildman–Crippen LogP) is 2.19. The van der Waals surface area contributed by atoms with Crippen LogP contribution in [0.1, 0.15) is 31.2 Å². The van der Waals surface area contributed by atoms with Crippen molar-refractivity contribution in [2.45, 2.75) is 44.3 Å². The molecule has 4 aliphatic rings. The van der Waals surface area contributed by atoms with Gasteiger partial charge in [-0.15, -0.1) is 0 Å². The average Bonchev–Trinajstić information content (AvgIpc) is 2.94. The van der Waals surface area contributed by atoms with Gasteiger partial charge in [-0.2, -0.15) is 0 Å². The number of ether oxygens (including phenoxy) is 1. The van der Waals surface area contributed by atoms with Gasteiger partial charge in [0, 0.05) is 57.3 Å². The Labute approximate surface area is 219 Å². The number of amides is 2. The molecule has 0 radical (unpaired) electrons. The monoisotopic (exact) mass is 503 g/mol. The summed E-state index contributed by atoms with van der Waals surface area (Å²) < 4.78 is 5.44. The second kappa shape index (κ2) is 12.3. The molecule has 0 aromatic heterocycles. The van der Waals surface area contributed by atoms with Gasteiger partial charge in [0.05, 0.1) is 19.3 Å². The van der Waals surface area contributed by atoms with Crippen molar-refractivity contribution in [1.29, 1.82) is 0 Å². The summed E-state index contributed by atoms with van der Waals surface area (Å²) in [6.45, 7) is 6.15. The van der Waals surface area contributed by atoms with Gasteiger partial charge in [0.25, 0.3) is 0 Å². The Hall–Kier alpha value is -3.36. The lowest BCUT2D eigenvalue weighted by Crippen LogP contribution is -2.45. The highest BCUT2D eigenvalue weighted by molar-refractivity contribution is 5.85. The summed E-state index contributed by atoms with van der Waals surface area (Å²) in [7, 11) is 0. The Morgan fingerprint density at radius 3 is 2.51 bits per heavy atom. The van der Waals surface area contributed by atoms with Crippen LogP contribution in [0.2, 0.25) is 0 Å². The zero-order chi connectivity index (χ0) is 25.5. The van der Waals surface area contributed by atoms with Gasteiger partial charge >= 0.3 is 0 Å². The fraction of sp³-hybridized carbons (Fsp3) is 0.448. The van der Waals surface area contributed by atoms with E-state index in [0.717, 1.165) is 75.9 Å². The van der Waals surface area contributed by atoms with E-state index in [0.29, 0.717) is 0 Å². The van der Waals surface area contributed by atoms with Crippen LogP contribution in [0.4, 0.5) is 0 Å². The first-order chi connectivity index (χ1) is 18.1. The molecule has 1 aromatic carbocycles. The number of nitrogens with one attached hydrogen (secondary N) is 3. The van der Waals surface area contributed by atoms with Gasteiger partial charge in [-0.1, -0.05) is 42.5 Å². The van der Waals surface area contributed by atoms with E-state index in [4.69, 9.17) is 4.74 Å². The molecule has 8 nitrogen and oxygen atoms in total. The molecule has 2 fully saturated rings. The van der Waals surface area contributed by atoms with Gasteiger partial charge in [-0.25, -0.2) is 0 Å². The summed E-state index contributed by atoms with van der Waals surface area (Å²) in [5.41, 5.74) is 3.18. The molecule has 2 saturated heterocycles. The molecule has 3 heterocycles. The highest BCUT2D eigenvalue weighted by Crippen LogP contribution is 2.22. The number of rotatable bonds is 8. The Balaban J connectivity index is 1.02. The van der Waals surface area contributed by atoms with E-state index in [2.05, 4.69) is 68.2 Å². The molecule has 0 saturated carbocycles. The van der Waals surface area contributed by atoms with Crippen LogP contribution in [0, 0.1) is 0 Å². The summed E-state index contributed by atoms with van der Waals surface area (Å²) in [4.78, 5) is 29.7. The van der Waals surface area contributed by atoms with Crippen LogP contribution >= 0.6 is 0 Å². The summed E-state index contributed by atoms with van der Waals surface area (Å²) >= 11 is 0. The second-order valence-corrected chi connectivity index (χ2v) is 10.1. The highest BCUT2D eigenvalue weighted by atomic mass is 16.5. The number of nitrogens with zero attached hydrogens (tertiary/aromatic N) is 2. The van der Waals surface area contributed by atoms with Gasteiger partial charge < -0.3 is 25.6 Å². The van der Waals surface area contributed by atoms with Gasteiger partial charge in [0.1, 0.15) is 5.82 Å². The van der Waals surface area contributed by atoms with E-state index in [1.54, 1.807) is 0 Å². The number of dihydropyridines is 1. The molecule has 0 spiro atoms. The first kappa shape index (κ1) is 25.3. The molecule has 37 heavy (non-hydrogen) atoms. The average molecular weight is 504 g/mol. The Morgan fingerprint density at radius 1 is 0.973 bits per heavy atom. The van der Waals surface area contributed by atoms with Crippen LogP contribution in [0.25, 0.3) is 0 Å². The molecule has 196 valence electrons. The van der Waals surface area contributed by atoms with E-state index >= 15 is 0 Å². The van der Waals surface area contributed by atoms with E-state index < -0.39 is 0 Å². The van der Waals surface area contributed by atoms with E-state index in [1.807, 2.05) is 18.2 Å². The van der Waals surface area contributed by atoms with Crippen molar-refractivity contribution < 1.29 is 14.3 Å². The van der Waals surface area contributed by atoms with Crippen LogP contribution in [-0.2, 0) is 20.9 Å². The molecular weight excluding hydrogens is 466 g/mol. The second-order valence-electron chi connectivity index (χ2n) is 10.1. The van der Waals surface area contributed by atoms with Crippen molar-refractivity contribution in [2.24, 2.45) is 0 Å². The minimum absolute atomic E-state index is 0.0511. The van der Waals surface area contributed by atoms with Crippen molar-refractivity contribution >= 4 is 11.8 Å². The first-order valence-electron chi connectivity index (χ1n) is 13.4. The number of morpholine rings is 1. The maximum atomic E-state index is 12.5. The minimum Gasteiger partial charge on any atom is -0.378 e. The number of benzene rings is 1. The van der Waals surface area contributed by atoms with Crippen molar-refractivity contribution in [3.63, 3.8) is 0 Å². The molecule has 3 aliphatic heterocycles. The van der Waals surface area contributed by atoms with Crippen molar-refractivity contribution in [3.05, 3.63) is 83.4 Å². The van der Waals surface area contributed by atoms with E-state index in [1.165, 1.54) is 5.56 Å². The summed E-state index contributed by atoms with van der Waals surface area (Å²) in [5.74, 6) is 0.913. The third-order valence-electron chi connectivity index (χ3n) is 7.30. The first-order valence-corrected chi connectivity index (χ1v) is 13.4. The lowest BCUT2D eigenvalue weighted by Gasteiger charge is -2.35. The number of carbonyl (C=O) groups is 2. The fourth-order valence-electron chi connectivity index (χ4n) is 5.20. The van der Waals surface area contributed by atoms with Crippen molar-refractivity contribution in [3.8, 4) is 0 Å². The SMILES string of the molecule is O=C(CCC(=O)NC1CCN(Cc2ccccc2)CC1)NC1=CC2=CC=C(N3CCOCC3)NC2C=C1. The number of piperidine rings is 1. The molecule has 1 aromatic rings. The Bertz CT molecular complexity index is 1080. The molecule has 1 unspecified atom stereocenters. The lowest BCUT2D eigenvalue weighted by molar-refractivity contribution is -0.126. The number of carbonyl (C=O) groups excluding carboxylic acids is 2. The molecule has 2 amide bonds. The predicted molar refractivity (Wildman–Crippen MR) is 143 cm³/mol. The number of allylic oxidation sites excluding steroid dienone is 3. The summed E-state index contributed by atoms with van der Waals surface area (Å²) in [6, 6.07) is 10.8. The number of fused-ring (bicyclic) bond motifs is 1. The van der Waals surface area contributed by atoms with Crippen molar-refractivity contribution in [1.82, 2.24) is 25.8 Å². The minimum atomic E-state index is -0.143. The molecule has 1 aliphatic carbocycles. The number of hydrogen-bond acceptors (Lipinski definition) is 6. The molecule has 1 atom stereocenters. The summed E-state index contributed by atoms with van der Waals surface area (Å²) in [6.07, 6.45) is 12.4.